The van der Waals surface area contributed by atoms with Crippen LogP contribution in [0.2, 0.25) is 0 Å². The van der Waals surface area contributed by atoms with Crippen LogP contribution < -0.4 is 11.1 Å². The number of aliphatic hydroxyl groups is 1. The number of nitrogens with zero attached hydrogens (tertiary/aromatic N) is 1. The lowest BCUT2D eigenvalue weighted by Gasteiger charge is -2.51. The normalized spacial score (nSPS) is 22.7. The van der Waals surface area contributed by atoms with Crippen molar-refractivity contribution in [3.63, 3.8) is 0 Å². The first-order valence-corrected chi connectivity index (χ1v) is 14.2. The van der Waals surface area contributed by atoms with E-state index in [1.54, 1.807) is 44.2 Å². The fraction of sp³-hybridized carbons (Fsp3) is 0.357. The number of benzene rings is 2. The number of rotatable bonds is 10. The van der Waals surface area contributed by atoms with Crippen LogP contribution in [0.5, 0.6) is 0 Å². The van der Waals surface area contributed by atoms with Crippen molar-refractivity contribution >= 4 is 21.9 Å². The molecule has 0 aliphatic heterocycles. The predicted molar refractivity (Wildman–Crippen MR) is 145 cm³/mol. The van der Waals surface area contributed by atoms with Crippen LogP contribution in [0.4, 0.5) is 4.39 Å². The van der Waals surface area contributed by atoms with E-state index >= 15 is 0 Å². The van der Waals surface area contributed by atoms with Gasteiger partial charge in [-0.3, -0.25) is 9.10 Å². The van der Waals surface area contributed by atoms with Gasteiger partial charge in [0.25, 0.3) is 0 Å². The predicted octanol–water partition coefficient (Wildman–Crippen LogP) is 2.50. The first-order valence-electron chi connectivity index (χ1n) is 12.4. The number of hydrogen-bond donors (Lipinski definition) is 4. The Bertz CT molecular complexity index is 1390. The summed E-state index contributed by atoms with van der Waals surface area (Å²) < 4.78 is 39.2. The number of halogens is 1. The number of carbonyl (C=O) groups excluding carboxylic acids is 1. The van der Waals surface area contributed by atoms with Crippen molar-refractivity contribution in [3.05, 3.63) is 95.0 Å². The molecule has 210 valence electrons. The van der Waals surface area contributed by atoms with E-state index in [1.165, 1.54) is 37.4 Å². The Balaban J connectivity index is 2.30. The number of likely N-dealkylation sites (N-methyl/N-ethyl adjacent to an activating group) is 1. The number of aliphatic hydroxyl groups excluding tert-OH is 1. The minimum absolute atomic E-state index is 0.00857. The van der Waals surface area contributed by atoms with Crippen LogP contribution in [0, 0.1) is 11.2 Å². The SMILES string of the molecule is CCC(O)C1(C(=O)N[C@H](C)c2ccc(F)cc2)C=C(N(C)S(C)(=O)=O)C=C(C(=O)O)C1(N)Cc1ccccc1. The summed E-state index contributed by atoms with van der Waals surface area (Å²) in [6.45, 7) is 3.26. The summed E-state index contributed by atoms with van der Waals surface area (Å²) in [6.07, 6.45) is 1.63. The highest BCUT2D eigenvalue weighted by molar-refractivity contribution is 7.88. The number of carbonyl (C=O) groups is 2. The van der Waals surface area contributed by atoms with E-state index in [4.69, 9.17) is 5.73 Å². The molecule has 1 aliphatic rings. The van der Waals surface area contributed by atoms with Gasteiger partial charge in [-0.1, -0.05) is 49.4 Å². The second-order valence-corrected chi connectivity index (χ2v) is 11.9. The fourth-order valence-electron chi connectivity index (χ4n) is 4.97. The molecular formula is C28H34FN3O6S. The number of allylic oxidation sites excluding steroid dienone is 1. The summed E-state index contributed by atoms with van der Waals surface area (Å²) in [5.74, 6) is -2.73. The number of hydrogen-bond acceptors (Lipinski definition) is 6. The van der Waals surface area contributed by atoms with Gasteiger partial charge in [-0.05, 0) is 55.2 Å². The lowest BCUT2D eigenvalue weighted by Crippen LogP contribution is -2.70. The number of amides is 1. The maximum atomic E-state index is 14.3. The monoisotopic (exact) mass is 559 g/mol. The topological polar surface area (TPSA) is 150 Å². The van der Waals surface area contributed by atoms with Crippen LogP contribution in [0.25, 0.3) is 0 Å². The van der Waals surface area contributed by atoms with Crippen molar-refractivity contribution in [3.8, 4) is 0 Å². The van der Waals surface area contributed by atoms with Crippen LogP contribution in [0.1, 0.15) is 37.4 Å². The van der Waals surface area contributed by atoms with Crippen LogP contribution in [-0.4, -0.2) is 59.8 Å². The number of nitrogens with one attached hydrogen (secondary N) is 1. The lowest BCUT2D eigenvalue weighted by atomic mass is 9.57. The molecule has 39 heavy (non-hydrogen) atoms. The zero-order valence-electron chi connectivity index (χ0n) is 22.3. The second-order valence-electron chi connectivity index (χ2n) is 9.84. The molecule has 0 spiro atoms. The summed E-state index contributed by atoms with van der Waals surface area (Å²) in [7, 11) is -2.67. The Morgan fingerprint density at radius 2 is 1.72 bits per heavy atom. The van der Waals surface area contributed by atoms with E-state index in [2.05, 4.69) is 5.32 Å². The van der Waals surface area contributed by atoms with Gasteiger partial charge < -0.3 is 21.3 Å². The highest BCUT2D eigenvalue weighted by atomic mass is 32.2. The molecule has 0 saturated heterocycles. The molecule has 1 amide bonds. The molecule has 0 bridgehead atoms. The van der Waals surface area contributed by atoms with Crippen molar-refractivity contribution in [1.29, 1.82) is 0 Å². The third kappa shape index (κ3) is 5.75. The van der Waals surface area contributed by atoms with E-state index in [9.17, 15) is 32.6 Å². The number of nitrogens with two attached hydrogens (primary N) is 1. The molecule has 0 heterocycles. The Hall–Kier alpha value is -3.54. The van der Waals surface area contributed by atoms with Crippen LogP contribution in [-0.2, 0) is 26.0 Å². The number of carboxylic acids is 1. The third-order valence-electron chi connectivity index (χ3n) is 7.31. The van der Waals surface area contributed by atoms with Gasteiger partial charge in [-0.25, -0.2) is 17.6 Å². The summed E-state index contributed by atoms with van der Waals surface area (Å²) in [5, 5.41) is 24.6. The Morgan fingerprint density at radius 1 is 1.13 bits per heavy atom. The third-order valence-corrected chi connectivity index (χ3v) is 8.52. The molecule has 0 saturated carbocycles. The van der Waals surface area contributed by atoms with E-state index < -0.39 is 56.4 Å². The minimum Gasteiger partial charge on any atom is -0.478 e. The average Bonchev–Trinajstić information content (AvgIpc) is 2.87. The summed E-state index contributed by atoms with van der Waals surface area (Å²) >= 11 is 0. The zero-order chi connectivity index (χ0) is 29.2. The quantitative estimate of drug-likeness (QED) is 0.349. The molecule has 0 fully saturated rings. The van der Waals surface area contributed by atoms with Gasteiger partial charge in [0.15, 0.2) is 0 Å². The number of carboxylic acid groups (broad SMARTS) is 1. The maximum absolute atomic E-state index is 14.3. The summed E-state index contributed by atoms with van der Waals surface area (Å²) in [6, 6.07) is 13.4. The second kappa shape index (κ2) is 11.3. The van der Waals surface area contributed by atoms with Crippen LogP contribution >= 0.6 is 0 Å². The summed E-state index contributed by atoms with van der Waals surface area (Å²) in [4.78, 5) is 27.0. The van der Waals surface area contributed by atoms with Gasteiger partial charge in [0.1, 0.15) is 11.2 Å². The van der Waals surface area contributed by atoms with E-state index in [-0.39, 0.29) is 18.5 Å². The molecule has 4 atom stereocenters. The molecule has 9 nitrogen and oxygen atoms in total. The maximum Gasteiger partial charge on any atom is 0.333 e. The Labute approximate surface area is 227 Å². The molecule has 2 aromatic rings. The zero-order valence-corrected chi connectivity index (χ0v) is 23.1. The number of aliphatic carboxylic acids is 1. The highest BCUT2D eigenvalue weighted by Crippen LogP contribution is 2.48. The smallest absolute Gasteiger partial charge is 0.333 e. The first-order chi connectivity index (χ1) is 18.2. The molecular weight excluding hydrogens is 525 g/mol. The van der Waals surface area contributed by atoms with E-state index in [0.29, 0.717) is 11.1 Å². The Morgan fingerprint density at radius 3 is 2.23 bits per heavy atom. The standard InChI is InChI=1S/C28H34FN3O6S/c1-5-24(33)27(26(36)31-18(2)20-11-13-21(29)14-12-20)17-22(32(3)39(4,37)38)15-23(25(34)35)28(27,30)16-19-9-7-6-8-10-19/h6-15,17-18,24,33H,5,16,30H2,1-4H3,(H,31,36)(H,34,35)/t18-,24?,27?,28?/m1/s1. The van der Waals surface area contributed by atoms with Crippen LogP contribution in [0.15, 0.2) is 78.0 Å². The summed E-state index contributed by atoms with van der Waals surface area (Å²) in [5.41, 5.74) is 3.44. The molecule has 1 aliphatic carbocycles. The van der Waals surface area contributed by atoms with Crippen molar-refractivity contribution in [2.45, 2.75) is 44.4 Å². The Kier molecular flexibility index (Phi) is 8.69. The van der Waals surface area contributed by atoms with E-state index in [0.717, 1.165) is 16.6 Å². The van der Waals surface area contributed by atoms with Crippen LogP contribution in [0.3, 0.4) is 0 Å². The molecule has 11 heteroatoms. The van der Waals surface area contributed by atoms with Gasteiger partial charge in [0, 0.05) is 12.7 Å². The highest BCUT2D eigenvalue weighted by Gasteiger charge is 2.62. The van der Waals surface area contributed by atoms with Crippen molar-refractivity contribution in [2.75, 3.05) is 13.3 Å². The molecule has 0 radical (unpaired) electrons. The van der Waals surface area contributed by atoms with Crippen molar-refractivity contribution < 1.29 is 32.6 Å². The van der Waals surface area contributed by atoms with Crippen molar-refractivity contribution in [2.24, 2.45) is 11.1 Å². The van der Waals surface area contributed by atoms with Gasteiger partial charge in [0.05, 0.1) is 29.5 Å². The molecule has 2 aromatic carbocycles. The molecule has 3 unspecified atom stereocenters. The molecule has 3 rings (SSSR count). The minimum atomic E-state index is -3.89. The van der Waals surface area contributed by atoms with Gasteiger partial charge in [-0.15, -0.1) is 0 Å². The fourth-order valence-corrected chi connectivity index (χ4v) is 5.46. The first kappa shape index (κ1) is 30.0. The number of sulfonamides is 1. The average molecular weight is 560 g/mol. The van der Waals surface area contributed by atoms with E-state index in [1.807, 2.05) is 0 Å². The van der Waals surface area contributed by atoms with Crippen molar-refractivity contribution in [1.82, 2.24) is 9.62 Å². The lowest BCUT2D eigenvalue weighted by molar-refractivity contribution is -0.142. The largest absolute Gasteiger partial charge is 0.478 e. The van der Waals surface area contributed by atoms with Gasteiger partial charge in [0.2, 0.25) is 15.9 Å². The van der Waals surface area contributed by atoms with Gasteiger partial charge in [-0.2, -0.15) is 0 Å². The molecule has 5 N–H and O–H groups in total. The van der Waals surface area contributed by atoms with Gasteiger partial charge >= 0.3 is 5.97 Å². The molecule has 0 aromatic heterocycles.